The third-order valence-electron chi connectivity index (χ3n) is 5.39. The molecule has 3 aromatic carbocycles. The Morgan fingerprint density at radius 1 is 1.03 bits per heavy atom. The van der Waals surface area contributed by atoms with Gasteiger partial charge in [-0.25, -0.2) is 8.78 Å². The maximum atomic E-state index is 13.9. The van der Waals surface area contributed by atoms with Crippen molar-refractivity contribution in [3.63, 3.8) is 0 Å². The number of aryl methyl sites for hydroxylation is 2. The van der Waals surface area contributed by atoms with Gasteiger partial charge in [-0.2, -0.15) is 0 Å². The van der Waals surface area contributed by atoms with Gasteiger partial charge in [0.2, 0.25) is 11.8 Å². The van der Waals surface area contributed by atoms with Gasteiger partial charge in [0.1, 0.15) is 18.2 Å². The van der Waals surface area contributed by atoms with Crippen molar-refractivity contribution in [2.45, 2.75) is 20.3 Å². The van der Waals surface area contributed by atoms with Crippen molar-refractivity contribution in [3.05, 3.63) is 89.0 Å². The van der Waals surface area contributed by atoms with Gasteiger partial charge in [-0.1, -0.05) is 24.3 Å². The first-order chi connectivity index (χ1) is 15.3. The molecule has 0 spiro atoms. The normalized spacial score (nSPS) is 13.3. The number of nitrogens with zero attached hydrogens (tertiary/aromatic N) is 2. The highest BCUT2D eigenvalue weighted by Crippen LogP contribution is 2.33. The van der Waals surface area contributed by atoms with Crippen molar-refractivity contribution in [1.82, 2.24) is 0 Å². The van der Waals surface area contributed by atoms with E-state index in [-0.39, 0.29) is 24.6 Å². The van der Waals surface area contributed by atoms with Crippen LogP contribution < -0.4 is 10.2 Å². The zero-order valence-electron chi connectivity index (χ0n) is 17.7. The SMILES string of the molecule is Cc1ccc(C2=Nc3ccccc3N(CC(=O)Nc3cc(F)ccc3F)C(=O)C2)cc1C. The van der Waals surface area contributed by atoms with E-state index in [2.05, 4.69) is 5.32 Å². The molecular weight excluding hydrogens is 412 g/mol. The molecule has 0 saturated heterocycles. The largest absolute Gasteiger partial charge is 0.322 e. The summed E-state index contributed by atoms with van der Waals surface area (Å²) >= 11 is 0. The fourth-order valence-corrected chi connectivity index (χ4v) is 3.53. The minimum atomic E-state index is -0.761. The number of carbonyl (C=O) groups excluding carboxylic acids is 2. The molecule has 7 heteroatoms. The number of fused-ring (bicyclic) bond motifs is 1. The Bertz CT molecular complexity index is 1250. The van der Waals surface area contributed by atoms with E-state index in [0.29, 0.717) is 17.1 Å². The molecule has 0 aromatic heterocycles. The lowest BCUT2D eigenvalue weighted by Gasteiger charge is -2.22. The van der Waals surface area contributed by atoms with Gasteiger partial charge in [0.25, 0.3) is 0 Å². The molecule has 0 aliphatic carbocycles. The van der Waals surface area contributed by atoms with Crippen molar-refractivity contribution in [1.29, 1.82) is 0 Å². The molecule has 1 aliphatic rings. The molecule has 32 heavy (non-hydrogen) atoms. The maximum Gasteiger partial charge on any atom is 0.244 e. The third-order valence-corrected chi connectivity index (χ3v) is 5.39. The van der Waals surface area contributed by atoms with E-state index >= 15 is 0 Å². The monoisotopic (exact) mass is 433 g/mol. The number of nitrogens with one attached hydrogen (secondary N) is 1. The van der Waals surface area contributed by atoms with Crippen LogP contribution in [-0.2, 0) is 9.59 Å². The van der Waals surface area contributed by atoms with Gasteiger partial charge in [0.05, 0.1) is 29.2 Å². The summed E-state index contributed by atoms with van der Waals surface area (Å²) < 4.78 is 27.3. The van der Waals surface area contributed by atoms with Gasteiger partial charge in [-0.15, -0.1) is 0 Å². The Labute approximate surface area is 184 Å². The summed E-state index contributed by atoms with van der Waals surface area (Å²) in [6.07, 6.45) is -0.00120. The minimum absolute atomic E-state index is 0.00120. The number of halogens is 2. The molecule has 2 amide bonds. The van der Waals surface area contributed by atoms with Crippen molar-refractivity contribution in [2.75, 3.05) is 16.8 Å². The molecule has 4 rings (SSSR count). The molecule has 5 nitrogen and oxygen atoms in total. The van der Waals surface area contributed by atoms with Crippen molar-refractivity contribution < 1.29 is 18.4 Å². The molecule has 0 radical (unpaired) electrons. The van der Waals surface area contributed by atoms with E-state index in [1.165, 1.54) is 4.90 Å². The van der Waals surface area contributed by atoms with Crippen molar-refractivity contribution in [3.8, 4) is 0 Å². The van der Waals surface area contributed by atoms with Crippen LogP contribution in [0.3, 0.4) is 0 Å². The molecule has 0 saturated carbocycles. The molecule has 0 atom stereocenters. The first kappa shape index (κ1) is 21.4. The smallest absolute Gasteiger partial charge is 0.244 e. The predicted octanol–water partition coefficient (Wildman–Crippen LogP) is 5.08. The van der Waals surface area contributed by atoms with Crippen molar-refractivity contribution >= 4 is 34.6 Å². The number of anilines is 2. The van der Waals surface area contributed by atoms with Gasteiger partial charge in [0, 0.05) is 6.07 Å². The Hall–Kier alpha value is -3.87. The molecule has 1 heterocycles. The van der Waals surface area contributed by atoms with E-state index in [0.717, 1.165) is 34.9 Å². The van der Waals surface area contributed by atoms with Crippen LogP contribution in [0.1, 0.15) is 23.1 Å². The number of hydrogen-bond donors (Lipinski definition) is 1. The molecule has 1 N–H and O–H groups in total. The molecule has 0 fully saturated rings. The van der Waals surface area contributed by atoms with E-state index in [4.69, 9.17) is 4.99 Å². The number of para-hydroxylation sites is 2. The van der Waals surface area contributed by atoms with Crippen LogP contribution >= 0.6 is 0 Å². The van der Waals surface area contributed by atoms with Gasteiger partial charge >= 0.3 is 0 Å². The van der Waals surface area contributed by atoms with Gasteiger partial charge < -0.3 is 10.2 Å². The molecule has 0 unspecified atom stereocenters. The summed E-state index contributed by atoms with van der Waals surface area (Å²) in [6.45, 7) is 3.64. The Morgan fingerprint density at radius 3 is 2.59 bits per heavy atom. The quantitative estimate of drug-likeness (QED) is 0.624. The summed E-state index contributed by atoms with van der Waals surface area (Å²) in [5, 5.41) is 2.34. The Kier molecular flexibility index (Phi) is 5.81. The lowest BCUT2D eigenvalue weighted by molar-refractivity contribution is -0.120. The summed E-state index contributed by atoms with van der Waals surface area (Å²) in [5.74, 6) is -2.40. The van der Waals surface area contributed by atoms with Crippen LogP contribution in [0.15, 0.2) is 65.7 Å². The molecule has 3 aromatic rings. The fourth-order valence-electron chi connectivity index (χ4n) is 3.53. The number of amides is 2. The summed E-state index contributed by atoms with van der Waals surface area (Å²) in [4.78, 5) is 31.8. The molecular formula is C25H21F2N3O2. The average molecular weight is 433 g/mol. The Balaban J connectivity index is 1.63. The van der Waals surface area contributed by atoms with Crippen LogP contribution in [0.2, 0.25) is 0 Å². The van der Waals surface area contributed by atoms with E-state index in [1.54, 1.807) is 24.3 Å². The fraction of sp³-hybridized carbons (Fsp3) is 0.160. The highest BCUT2D eigenvalue weighted by Gasteiger charge is 2.27. The zero-order chi connectivity index (χ0) is 22.8. The second-order valence-corrected chi connectivity index (χ2v) is 7.68. The topological polar surface area (TPSA) is 61.8 Å². The maximum absolute atomic E-state index is 13.9. The van der Waals surface area contributed by atoms with Crippen LogP contribution in [-0.4, -0.2) is 24.1 Å². The number of benzene rings is 3. The van der Waals surface area contributed by atoms with E-state index < -0.39 is 17.5 Å². The van der Waals surface area contributed by atoms with Gasteiger partial charge in [-0.05, 0) is 60.9 Å². The lowest BCUT2D eigenvalue weighted by atomic mass is 10.0. The molecule has 0 bridgehead atoms. The molecule has 162 valence electrons. The average Bonchev–Trinajstić information content (AvgIpc) is 2.89. The van der Waals surface area contributed by atoms with Crippen LogP contribution in [0.5, 0.6) is 0 Å². The summed E-state index contributed by atoms with van der Waals surface area (Å²) in [5.41, 5.74) is 4.41. The van der Waals surface area contributed by atoms with Crippen molar-refractivity contribution in [2.24, 2.45) is 4.99 Å². The minimum Gasteiger partial charge on any atom is -0.322 e. The predicted molar refractivity (Wildman–Crippen MR) is 121 cm³/mol. The first-order valence-corrected chi connectivity index (χ1v) is 10.1. The Morgan fingerprint density at radius 2 is 1.81 bits per heavy atom. The van der Waals surface area contributed by atoms with Crippen LogP contribution in [0.25, 0.3) is 0 Å². The summed E-state index contributed by atoms with van der Waals surface area (Å²) in [7, 11) is 0. The van der Waals surface area contributed by atoms with Gasteiger partial charge in [-0.3, -0.25) is 14.6 Å². The summed E-state index contributed by atoms with van der Waals surface area (Å²) in [6, 6.07) is 15.7. The lowest BCUT2D eigenvalue weighted by Crippen LogP contribution is -2.38. The highest BCUT2D eigenvalue weighted by atomic mass is 19.1. The molecule has 1 aliphatic heterocycles. The zero-order valence-corrected chi connectivity index (χ0v) is 17.7. The number of aliphatic imine (C=N–C) groups is 1. The standard InChI is InChI=1S/C25H21F2N3O2/c1-15-7-8-17(11-16(15)2)21-13-25(32)30(23-6-4-3-5-20(23)28-21)14-24(31)29-22-12-18(26)9-10-19(22)27/h3-12H,13-14H2,1-2H3,(H,29,31). The second kappa shape index (κ2) is 8.70. The van der Waals surface area contributed by atoms with Crippen LogP contribution in [0, 0.1) is 25.5 Å². The second-order valence-electron chi connectivity index (χ2n) is 7.68. The number of carbonyl (C=O) groups is 2. The number of rotatable bonds is 4. The van der Waals surface area contributed by atoms with E-state index in [9.17, 15) is 18.4 Å². The van der Waals surface area contributed by atoms with Crippen LogP contribution in [0.4, 0.5) is 25.8 Å². The number of hydrogen-bond acceptors (Lipinski definition) is 3. The van der Waals surface area contributed by atoms with Gasteiger partial charge in [0.15, 0.2) is 0 Å². The third kappa shape index (κ3) is 4.42. The first-order valence-electron chi connectivity index (χ1n) is 10.1. The van der Waals surface area contributed by atoms with E-state index in [1.807, 2.05) is 32.0 Å². The highest BCUT2D eigenvalue weighted by molar-refractivity contribution is 6.19.